The van der Waals surface area contributed by atoms with Gasteiger partial charge >= 0.3 is 0 Å². The lowest BCUT2D eigenvalue weighted by molar-refractivity contribution is 0.304. The number of hydrogen-bond acceptors (Lipinski definition) is 3. The predicted octanol–water partition coefficient (Wildman–Crippen LogP) is 11.0. The minimum absolute atomic E-state index is 0.745. The molecule has 0 aliphatic heterocycles. The van der Waals surface area contributed by atoms with E-state index in [4.69, 9.17) is 4.74 Å². The highest BCUT2D eigenvalue weighted by molar-refractivity contribution is 7.13. The first-order valence-electron chi connectivity index (χ1n) is 14.7. The fourth-order valence-corrected chi connectivity index (χ4v) is 5.52. The molecule has 0 radical (unpaired) electrons. The zero-order chi connectivity index (χ0) is 25.7. The molecular weight excluding hydrogens is 458 g/mol. The van der Waals surface area contributed by atoms with Crippen LogP contribution in [-0.2, 0) is 6.42 Å². The van der Waals surface area contributed by atoms with Crippen LogP contribution in [0, 0.1) is 11.3 Å². The van der Waals surface area contributed by atoms with Crippen molar-refractivity contribution >= 4 is 23.0 Å². The first-order valence-corrected chi connectivity index (χ1v) is 15.5. The van der Waals surface area contributed by atoms with Crippen molar-refractivity contribution in [2.75, 3.05) is 6.61 Å². The van der Waals surface area contributed by atoms with E-state index in [1.807, 2.05) is 30.3 Å². The van der Waals surface area contributed by atoms with E-state index in [2.05, 4.69) is 32.0 Å². The Hall–Kier alpha value is -2.05. The van der Waals surface area contributed by atoms with Crippen LogP contribution in [0.15, 0.2) is 36.4 Å². The smallest absolute Gasteiger partial charge is 0.119 e. The van der Waals surface area contributed by atoms with Crippen LogP contribution in [0.1, 0.15) is 132 Å². The van der Waals surface area contributed by atoms with E-state index in [9.17, 15) is 5.26 Å². The van der Waals surface area contributed by atoms with Crippen molar-refractivity contribution < 1.29 is 4.74 Å². The Balaban J connectivity index is 1.69. The van der Waals surface area contributed by atoms with Crippen LogP contribution in [0.3, 0.4) is 0 Å². The fraction of sp³-hybridized carbons (Fsp3) is 0.606. The third-order valence-electron chi connectivity index (χ3n) is 6.78. The Morgan fingerprint density at radius 3 is 1.86 bits per heavy atom. The van der Waals surface area contributed by atoms with Gasteiger partial charge in [0.15, 0.2) is 0 Å². The van der Waals surface area contributed by atoms with Crippen molar-refractivity contribution in [2.24, 2.45) is 0 Å². The molecule has 2 nitrogen and oxygen atoms in total. The quantitative estimate of drug-likeness (QED) is 0.124. The van der Waals surface area contributed by atoms with Crippen LogP contribution in [0.2, 0.25) is 0 Å². The second kappa shape index (κ2) is 20.1. The molecule has 3 heteroatoms. The summed E-state index contributed by atoms with van der Waals surface area (Å²) in [6, 6.07) is 14.9. The monoisotopic (exact) mass is 507 g/mol. The van der Waals surface area contributed by atoms with E-state index in [1.54, 1.807) is 11.3 Å². The van der Waals surface area contributed by atoms with Crippen LogP contribution in [0.5, 0.6) is 5.75 Å². The molecule has 1 aromatic carbocycles. The van der Waals surface area contributed by atoms with Gasteiger partial charge in [0.2, 0.25) is 0 Å². The van der Waals surface area contributed by atoms with Crippen LogP contribution >= 0.6 is 11.3 Å². The van der Waals surface area contributed by atoms with Gasteiger partial charge in [-0.05, 0) is 55.2 Å². The minimum atomic E-state index is 0.745. The summed E-state index contributed by atoms with van der Waals surface area (Å²) in [4.78, 5) is 2.46. The summed E-state index contributed by atoms with van der Waals surface area (Å²) < 4.78 is 5.89. The van der Waals surface area contributed by atoms with Gasteiger partial charge in [0.1, 0.15) is 11.8 Å². The van der Waals surface area contributed by atoms with Gasteiger partial charge in [0.05, 0.1) is 12.2 Å². The molecule has 0 saturated heterocycles. The third kappa shape index (κ3) is 13.3. The molecule has 1 heterocycles. The van der Waals surface area contributed by atoms with Crippen LogP contribution in [-0.4, -0.2) is 6.61 Å². The largest absolute Gasteiger partial charge is 0.494 e. The standard InChI is InChI=1S/C33H49NOS/c1-3-5-7-9-11-12-13-14-15-17-19-32-24-25-33(36-32)30(28-34)27-29-20-22-31(23-21-29)35-26-18-16-10-8-6-4-2/h20-25,27H,3-19,26H2,1-2H3. The molecule has 0 aliphatic carbocycles. The third-order valence-corrected chi connectivity index (χ3v) is 7.96. The Bertz CT molecular complexity index is 874. The molecule has 0 unspecified atom stereocenters. The number of nitriles is 1. The van der Waals surface area contributed by atoms with Crippen LogP contribution in [0.25, 0.3) is 11.6 Å². The average Bonchev–Trinajstić information content (AvgIpc) is 3.37. The maximum atomic E-state index is 9.75. The lowest BCUT2D eigenvalue weighted by Gasteiger charge is -2.06. The summed E-state index contributed by atoms with van der Waals surface area (Å²) in [5, 5.41) is 9.75. The highest BCUT2D eigenvalue weighted by Crippen LogP contribution is 2.27. The van der Waals surface area contributed by atoms with Gasteiger partial charge in [-0.1, -0.05) is 116 Å². The lowest BCUT2D eigenvalue weighted by atomic mass is 10.1. The van der Waals surface area contributed by atoms with Crippen LogP contribution < -0.4 is 4.74 Å². The molecule has 0 N–H and O–H groups in total. The number of nitrogens with zero attached hydrogens (tertiary/aromatic N) is 1. The van der Waals surface area contributed by atoms with Crippen molar-refractivity contribution in [1.82, 2.24) is 0 Å². The maximum absolute atomic E-state index is 9.75. The molecule has 36 heavy (non-hydrogen) atoms. The summed E-state index contributed by atoms with van der Waals surface area (Å²) in [5.74, 6) is 0.911. The summed E-state index contributed by atoms with van der Waals surface area (Å²) in [6.45, 7) is 5.31. The summed E-state index contributed by atoms with van der Waals surface area (Å²) in [7, 11) is 0. The van der Waals surface area contributed by atoms with Crippen molar-refractivity contribution in [3.63, 3.8) is 0 Å². The van der Waals surface area contributed by atoms with Crippen LogP contribution in [0.4, 0.5) is 0 Å². The molecule has 0 saturated carbocycles. The highest BCUT2D eigenvalue weighted by atomic mass is 32.1. The number of rotatable bonds is 21. The van der Waals surface area contributed by atoms with Gasteiger partial charge in [-0.3, -0.25) is 0 Å². The van der Waals surface area contributed by atoms with Crippen molar-refractivity contribution in [3.8, 4) is 11.8 Å². The summed E-state index contributed by atoms with van der Waals surface area (Å²) >= 11 is 1.77. The van der Waals surface area contributed by atoms with E-state index >= 15 is 0 Å². The number of ether oxygens (including phenoxy) is 1. The number of benzene rings is 1. The number of unbranched alkanes of at least 4 members (excludes halogenated alkanes) is 14. The fourth-order valence-electron chi connectivity index (χ4n) is 4.50. The lowest BCUT2D eigenvalue weighted by Crippen LogP contribution is -1.97. The molecule has 2 rings (SSSR count). The van der Waals surface area contributed by atoms with Crippen molar-refractivity contribution in [1.29, 1.82) is 5.26 Å². The molecular formula is C33H49NOS. The van der Waals surface area contributed by atoms with Crippen molar-refractivity contribution in [2.45, 2.75) is 123 Å². The van der Waals surface area contributed by atoms with E-state index < -0.39 is 0 Å². The number of allylic oxidation sites excluding steroid dienone is 1. The number of hydrogen-bond donors (Lipinski definition) is 0. The number of aryl methyl sites for hydroxylation is 1. The normalized spacial score (nSPS) is 11.5. The molecule has 0 atom stereocenters. The van der Waals surface area contributed by atoms with Gasteiger partial charge in [-0.25, -0.2) is 0 Å². The highest BCUT2D eigenvalue weighted by Gasteiger charge is 2.06. The Kier molecular flexibility index (Phi) is 16.8. The molecule has 0 amide bonds. The average molecular weight is 508 g/mol. The predicted molar refractivity (Wildman–Crippen MR) is 159 cm³/mol. The zero-order valence-electron chi connectivity index (χ0n) is 23.0. The molecule has 0 fully saturated rings. The van der Waals surface area contributed by atoms with Gasteiger partial charge in [-0.2, -0.15) is 5.26 Å². The first kappa shape index (κ1) is 30.2. The molecule has 0 aliphatic rings. The zero-order valence-corrected chi connectivity index (χ0v) is 23.8. The second-order valence-corrected chi connectivity index (χ2v) is 11.2. The maximum Gasteiger partial charge on any atom is 0.119 e. The van der Waals surface area contributed by atoms with Gasteiger partial charge in [-0.15, -0.1) is 11.3 Å². The van der Waals surface area contributed by atoms with E-state index in [-0.39, 0.29) is 0 Å². The van der Waals surface area contributed by atoms with Crippen molar-refractivity contribution in [3.05, 3.63) is 51.7 Å². The number of thiophene rings is 1. The topological polar surface area (TPSA) is 33.0 Å². The summed E-state index contributed by atoms with van der Waals surface area (Å²) in [5.41, 5.74) is 1.79. The Morgan fingerprint density at radius 1 is 0.722 bits per heavy atom. The van der Waals surface area contributed by atoms with Gasteiger partial charge < -0.3 is 4.74 Å². The Labute approximate surface area is 225 Å². The first-order chi connectivity index (χ1) is 17.8. The molecule has 0 spiro atoms. The Morgan fingerprint density at radius 2 is 1.28 bits per heavy atom. The van der Waals surface area contributed by atoms with E-state index in [0.29, 0.717) is 0 Å². The van der Waals surface area contributed by atoms with Gasteiger partial charge in [0, 0.05) is 9.75 Å². The SMILES string of the molecule is CCCCCCCCCCCCc1ccc(C(C#N)=Cc2ccc(OCCCCCCCC)cc2)s1. The molecule has 0 bridgehead atoms. The minimum Gasteiger partial charge on any atom is -0.494 e. The van der Waals surface area contributed by atoms with E-state index in [0.717, 1.165) is 41.2 Å². The second-order valence-electron chi connectivity index (χ2n) is 10.1. The molecule has 1 aromatic heterocycles. The summed E-state index contributed by atoms with van der Waals surface area (Å²) in [6.07, 6.45) is 24.4. The molecule has 2 aromatic rings. The van der Waals surface area contributed by atoms with E-state index in [1.165, 1.54) is 101 Å². The molecule has 198 valence electrons. The van der Waals surface area contributed by atoms with Gasteiger partial charge in [0.25, 0.3) is 0 Å².